The highest BCUT2D eigenvalue weighted by Gasteiger charge is 2.16. The molecule has 1 aromatic carbocycles. The fraction of sp³-hybridized carbons (Fsp3) is 0.316. The quantitative estimate of drug-likeness (QED) is 0.621. The summed E-state index contributed by atoms with van der Waals surface area (Å²) in [5.41, 5.74) is 1.36. The van der Waals surface area contributed by atoms with E-state index in [1.165, 1.54) is 12.4 Å². The number of hydrogen-bond donors (Lipinski definition) is 1. The second kappa shape index (κ2) is 8.94. The summed E-state index contributed by atoms with van der Waals surface area (Å²) in [6, 6.07) is 10.9. The minimum atomic E-state index is -0.319. The van der Waals surface area contributed by atoms with Crippen LogP contribution in [0.1, 0.15) is 18.0 Å². The van der Waals surface area contributed by atoms with Crippen molar-refractivity contribution in [3.63, 3.8) is 0 Å². The van der Waals surface area contributed by atoms with E-state index < -0.39 is 0 Å². The van der Waals surface area contributed by atoms with Crippen LogP contribution in [0, 0.1) is 0 Å². The highest BCUT2D eigenvalue weighted by atomic mass is 16.2. The highest BCUT2D eigenvalue weighted by molar-refractivity contribution is 5.76. The molecule has 2 aromatic heterocycles. The number of benzene rings is 1. The molecule has 0 aliphatic heterocycles. The normalized spacial score (nSPS) is 11.8. The van der Waals surface area contributed by atoms with Gasteiger partial charge in [0.2, 0.25) is 5.91 Å². The summed E-state index contributed by atoms with van der Waals surface area (Å²) in [7, 11) is 3.65. The van der Waals surface area contributed by atoms with Crippen molar-refractivity contribution < 1.29 is 4.79 Å². The van der Waals surface area contributed by atoms with Crippen LogP contribution < -0.4 is 15.8 Å². The smallest absolute Gasteiger partial charge is 0.269 e. The van der Waals surface area contributed by atoms with E-state index in [0.29, 0.717) is 18.7 Å². The molecule has 2 heterocycles. The molecule has 0 saturated heterocycles. The molecule has 0 fully saturated rings. The van der Waals surface area contributed by atoms with E-state index in [1.807, 2.05) is 44.4 Å². The first-order valence-corrected chi connectivity index (χ1v) is 8.94. The summed E-state index contributed by atoms with van der Waals surface area (Å²) in [5, 5.41) is 11.2. The van der Waals surface area contributed by atoms with E-state index in [0.717, 1.165) is 10.2 Å². The van der Waals surface area contributed by atoms with Crippen LogP contribution in [0.5, 0.6) is 0 Å². The van der Waals surface area contributed by atoms with Crippen LogP contribution in [-0.2, 0) is 17.9 Å². The zero-order valence-corrected chi connectivity index (χ0v) is 15.9. The van der Waals surface area contributed by atoms with Gasteiger partial charge < -0.3 is 10.2 Å². The lowest BCUT2D eigenvalue weighted by molar-refractivity contribution is -0.122. The number of nitrogens with zero attached hydrogens (tertiary/aromatic N) is 6. The Balaban J connectivity index is 1.69. The number of amides is 1. The number of hydrogen-bond acceptors (Lipinski definition) is 6. The Bertz CT molecular complexity index is 952. The van der Waals surface area contributed by atoms with Gasteiger partial charge in [0.1, 0.15) is 19.2 Å². The van der Waals surface area contributed by atoms with Gasteiger partial charge in [0.25, 0.3) is 5.56 Å². The molecule has 146 valence electrons. The number of carbonyl (C=O) groups excluding carboxylic acids is 1. The fourth-order valence-corrected chi connectivity index (χ4v) is 2.78. The van der Waals surface area contributed by atoms with E-state index in [-0.39, 0.29) is 24.1 Å². The van der Waals surface area contributed by atoms with Crippen molar-refractivity contribution in [3.8, 4) is 0 Å². The van der Waals surface area contributed by atoms with Crippen LogP contribution in [-0.4, -0.2) is 44.5 Å². The third kappa shape index (κ3) is 5.03. The van der Waals surface area contributed by atoms with Crippen molar-refractivity contribution in [2.45, 2.75) is 25.6 Å². The molecule has 0 bridgehead atoms. The van der Waals surface area contributed by atoms with Crippen LogP contribution in [0.2, 0.25) is 0 Å². The molecule has 28 heavy (non-hydrogen) atoms. The third-order valence-corrected chi connectivity index (χ3v) is 4.32. The molecule has 3 rings (SSSR count). The van der Waals surface area contributed by atoms with Crippen molar-refractivity contribution >= 4 is 11.6 Å². The monoisotopic (exact) mass is 381 g/mol. The minimum absolute atomic E-state index is 0.140. The number of anilines is 1. The predicted molar refractivity (Wildman–Crippen MR) is 105 cm³/mol. The maximum Gasteiger partial charge on any atom is 0.269 e. The summed E-state index contributed by atoms with van der Waals surface area (Å²) in [6.45, 7) is 0.467. The average Bonchev–Trinajstić information content (AvgIpc) is 3.21. The van der Waals surface area contributed by atoms with Gasteiger partial charge in [-0.15, -0.1) is 0 Å². The van der Waals surface area contributed by atoms with Gasteiger partial charge in [0, 0.05) is 26.7 Å². The molecule has 0 radical (unpaired) electrons. The third-order valence-electron chi connectivity index (χ3n) is 4.32. The van der Waals surface area contributed by atoms with Gasteiger partial charge in [-0.1, -0.05) is 30.3 Å². The van der Waals surface area contributed by atoms with Gasteiger partial charge in [-0.2, -0.15) is 10.2 Å². The Morgan fingerprint density at radius 2 is 2.00 bits per heavy atom. The number of aryl methyl sites for hydroxylation is 1. The van der Waals surface area contributed by atoms with Gasteiger partial charge in [-0.05, 0) is 12.0 Å². The van der Waals surface area contributed by atoms with E-state index in [9.17, 15) is 9.59 Å². The summed E-state index contributed by atoms with van der Waals surface area (Å²) in [4.78, 5) is 30.5. The second-order valence-electron chi connectivity index (χ2n) is 6.58. The Morgan fingerprint density at radius 3 is 2.64 bits per heavy atom. The van der Waals surface area contributed by atoms with Crippen molar-refractivity contribution in [1.82, 2.24) is 29.9 Å². The molecule has 0 saturated carbocycles. The molecule has 1 amide bonds. The first-order valence-electron chi connectivity index (χ1n) is 8.94. The van der Waals surface area contributed by atoms with Crippen molar-refractivity contribution in [3.05, 3.63) is 71.2 Å². The Hall–Kier alpha value is -3.49. The zero-order chi connectivity index (χ0) is 19.9. The summed E-state index contributed by atoms with van der Waals surface area (Å²) >= 11 is 0. The molecule has 9 nitrogen and oxygen atoms in total. The van der Waals surface area contributed by atoms with E-state index >= 15 is 0 Å². The first kappa shape index (κ1) is 19.3. The molecule has 1 atom stereocenters. The van der Waals surface area contributed by atoms with Gasteiger partial charge in [-0.3, -0.25) is 14.3 Å². The van der Waals surface area contributed by atoms with Crippen molar-refractivity contribution in [2.24, 2.45) is 0 Å². The Labute approximate surface area is 162 Å². The van der Waals surface area contributed by atoms with E-state index in [1.54, 1.807) is 22.1 Å². The van der Waals surface area contributed by atoms with Crippen LogP contribution in [0.4, 0.5) is 5.69 Å². The molecule has 0 aliphatic carbocycles. The van der Waals surface area contributed by atoms with Crippen LogP contribution >= 0.6 is 0 Å². The second-order valence-corrected chi connectivity index (χ2v) is 6.58. The summed E-state index contributed by atoms with van der Waals surface area (Å²) in [5.74, 6) is -0.278. The maximum absolute atomic E-state index is 12.6. The van der Waals surface area contributed by atoms with Crippen LogP contribution in [0.15, 0.2) is 60.0 Å². The van der Waals surface area contributed by atoms with Crippen molar-refractivity contribution in [2.75, 3.05) is 19.0 Å². The SMILES string of the molecule is CN(C)c1cnn(CC(=O)N[C@H](CCn2cncn2)c2ccccc2)c(=O)c1. The zero-order valence-electron chi connectivity index (χ0n) is 15.9. The molecule has 0 spiro atoms. The average molecular weight is 381 g/mol. The van der Waals surface area contributed by atoms with Gasteiger partial charge >= 0.3 is 0 Å². The van der Waals surface area contributed by atoms with Gasteiger partial charge in [0.15, 0.2) is 0 Å². The van der Waals surface area contributed by atoms with Crippen LogP contribution in [0.3, 0.4) is 0 Å². The molecule has 0 aliphatic rings. The number of nitrogens with one attached hydrogen (secondary N) is 1. The maximum atomic E-state index is 12.6. The number of aromatic nitrogens is 5. The van der Waals surface area contributed by atoms with E-state index in [2.05, 4.69) is 20.5 Å². The van der Waals surface area contributed by atoms with Gasteiger partial charge in [-0.25, -0.2) is 9.67 Å². The predicted octanol–water partition coefficient (Wildman–Crippen LogP) is 0.849. The Morgan fingerprint density at radius 1 is 1.21 bits per heavy atom. The molecule has 1 N–H and O–H groups in total. The molecule has 3 aromatic rings. The van der Waals surface area contributed by atoms with Crippen molar-refractivity contribution in [1.29, 1.82) is 0 Å². The molecular weight excluding hydrogens is 358 g/mol. The molecule has 0 unspecified atom stereocenters. The Kier molecular flexibility index (Phi) is 6.15. The molecular formula is C19H23N7O2. The number of rotatable bonds is 8. The standard InChI is InChI=1S/C19H23N7O2/c1-24(2)16-10-19(28)26(21-11-16)12-18(27)23-17(15-6-4-3-5-7-15)8-9-25-14-20-13-22-25/h3-7,10-11,13-14,17H,8-9,12H2,1-2H3,(H,23,27)/t17-/m1/s1. The first-order chi connectivity index (χ1) is 13.5. The topological polar surface area (TPSA) is 97.9 Å². The highest BCUT2D eigenvalue weighted by Crippen LogP contribution is 2.17. The number of carbonyl (C=O) groups is 1. The fourth-order valence-electron chi connectivity index (χ4n) is 2.78. The molecule has 9 heteroatoms. The van der Waals surface area contributed by atoms with Crippen LogP contribution in [0.25, 0.3) is 0 Å². The summed E-state index contributed by atoms with van der Waals surface area (Å²) in [6.07, 6.45) is 5.32. The van der Waals surface area contributed by atoms with E-state index in [4.69, 9.17) is 0 Å². The lowest BCUT2D eigenvalue weighted by atomic mass is 10.0. The van der Waals surface area contributed by atoms with Gasteiger partial charge in [0.05, 0.1) is 17.9 Å². The lowest BCUT2D eigenvalue weighted by Gasteiger charge is -2.19. The minimum Gasteiger partial charge on any atom is -0.376 e. The summed E-state index contributed by atoms with van der Waals surface area (Å²) < 4.78 is 2.87. The lowest BCUT2D eigenvalue weighted by Crippen LogP contribution is -2.36. The largest absolute Gasteiger partial charge is 0.376 e.